The van der Waals surface area contributed by atoms with Gasteiger partial charge in [0.05, 0.1) is 18.8 Å². The summed E-state index contributed by atoms with van der Waals surface area (Å²) < 4.78 is 0. The van der Waals surface area contributed by atoms with Gasteiger partial charge in [0.2, 0.25) is 0 Å². The molecule has 0 aliphatic heterocycles. The van der Waals surface area contributed by atoms with Gasteiger partial charge < -0.3 is 15.5 Å². The lowest BCUT2D eigenvalue weighted by Crippen LogP contribution is -2.50. The van der Waals surface area contributed by atoms with E-state index in [4.69, 9.17) is 23.2 Å². The second-order valence-corrected chi connectivity index (χ2v) is 4.82. The minimum absolute atomic E-state index is 0.137. The van der Waals surface area contributed by atoms with Crippen molar-refractivity contribution in [1.82, 2.24) is 5.32 Å². The average molecular weight is 278 g/mol. The van der Waals surface area contributed by atoms with Gasteiger partial charge in [-0.2, -0.15) is 0 Å². The van der Waals surface area contributed by atoms with Crippen LogP contribution in [0.15, 0.2) is 18.2 Å². The first-order valence-electron chi connectivity index (χ1n) is 5.48. The molecule has 1 rings (SSSR count). The monoisotopic (exact) mass is 277 g/mol. The van der Waals surface area contributed by atoms with E-state index in [2.05, 4.69) is 5.32 Å². The molecule has 1 aromatic rings. The number of nitrogens with one attached hydrogen (secondary N) is 1. The van der Waals surface area contributed by atoms with Crippen LogP contribution >= 0.6 is 23.2 Å². The van der Waals surface area contributed by atoms with Gasteiger partial charge in [-0.3, -0.25) is 0 Å². The van der Waals surface area contributed by atoms with Crippen LogP contribution in [0.25, 0.3) is 0 Å². The Hall–Kier alpha value is -0.320. The van der Waals surface area contributed by atoms with E-state index in [1.807, 2.05) is 6.92 Å². The Morgan fingerprint density at radius 3 is 2.12 bits per heavy atom. The first-order chi connectivity index (χ1) is 8.08. The maximum atomic E-state index is 9.30. The molecule has 0 bridgehead atoms. The summed E-state index contributed by atoms with van der Waals surface area (Å²) in [5.74, 6) is 0. The third kappa shape index (κ3) is 3.57. The first kappa shape index (κ1) is 14.7. The number of aliphatic hydroxyl groups is 2. The highest BCUT2D eigenvalue weighted by atomic mass is 35.5. The van der Waals surface area contributed by atoms with Crippen LogP contribution in [0.3, 0.4) is 0 Å². The fourth-order valence-electron chi connectivity index (χ4n) is 1.49. The van der Waals surface area contributed by atoms with Crippen molar-refractivity contribution in [2.45, 2.75) is 25.4 Å². The van der Waals surface area contributed by atoms with Crippen molar-refractivity contribution in [3.63, 3.8) is 0 Å². The van der Waals surface area contributed by atoms with Crippen LogP contribution in [0, 0.1) is 0 Å². The van der Waals surface area contributed by atoms with Gasteiger partial charge in [-0.05, 0) is 18.6 Å². The number of benzene rings is 1. The summed E-state index contributed by atoms with van der Waals surface area (Å²) in [6.07, 6.45) is 0.613. The third-order valence-electron chi connectivity index (χ3n) is 2.98. The molecule has 5 heteroatoms. The standard InChI is InChI=1S/C12H17Cl2NO2/c1-2-12(7-16,8-17)15-6-9-10(13)4-3-5-11(9)14/h3-5,15-17H,2,6-8H2,1H3. The highest BCUT2D eigenvalue weighted by molar-refractivity contribution is 6.35. The van der Waals surface area contributed by atoms with E-state index in [1.165, 1.54) is 0 Å². The van der Waals surface area contributed by atoms with Gasteiger partial charge >= 0.3 is 0 Å². The fraction of sp³-hybridized carbons (Fsp3) is 0.500. The molecule has 0 saturated heterocycles. The van der Waals surface area contributed by atoms with E-state index < -0.39 is 5.54 Å². The summed E-state index contributed by atoms with van der Waals surface area (Å²) in [6.45, 7) is 2.03. The van der Waals surface area contributed by atoms with Crippen LogP contribution in [0.4, 0.5) is 0 Å². The second-order valence-electron chi connectivity index (χ2n) is 4.00. The quantitative estimate of drug-likeness (QED) is 0.748. The largest absolute Gasteiger partial charge is 0.394 e. The Kier molecular flexibility index (Phi) is 5.70. The zero-order valence-corrected chi connectivity index (χ0v) is 11.2. The molecule has 0 radical (unpaired) electrons. The smallest absolute Gasteiger partial charge is 0.0648 e. The first-order valence-corrected chi connectivity index (χ1v) is 6.24. The minimum atomic E-state index is -0.692. The Balaban J connectivity index is 2.79. The van der Waals surface area contributed by atoms with Crippen molar-refractivity contribution in [3.05, 3.63) is 33.8 Å². The van der Waals surface area contributed by atoms with E-state index in [9.17, 15) is 10.2 Å². The van der Waals surface area contributed by atoms with Gasteiger partial charge in [0, 0.05) is 22.2 Å². The Morgan fingerprint density at radius 2 is 1.71 bits per heavy atom. The SMILES string of the molecule is CCC(CO)(CO)NCc1c(Cl)cccc1Cl. The number of hydrogen-bond acceptors (Lipinski definition) is 3. The molecule has 0 aliphatic carbocycles. The highest BCUT2D eigenvalue weighted by Gasteiger charge is 2.26. The molecule has 0 saturated carbocycles. The molecule has 0 aliphatic rings. The van der Waals surface area contributed by atoms with Crippen molar-refractivity contribution in [2.24, 2.45) is 0 Å². The molecule has 0 atom stereocenters. The van der Waals surface area contributed by atoms with E-state index >= 15 is 0 Å². The topological polar surface area (TPSA) is 52.5 Å². The number of halogens is 2. The highest BCUT2D eigenvalue weighted by Crippen LogP contribution is 2.24. The molecule has 3 nitrogen and oxygen atoms in total. The van der Waals surface area contributed by atoms with Gasteiger partial charge in [0.25, 0.3) is 0 Å². The van der Waals surface area contributed by atoms with Gasteiger partial charge in [0.15, 0.2) is 0 Å². The van der Waals surface area contributed by atoms with Crippen LogP contribution in [0.2, 0.25) is 10.0 Å². The zero-order chi connectivity index (χ0) is 12.9. The van der Waals surface area contributed by atoms with E-state index in [0.29, 0.717) is 23.0 Å². The van der Waals surface area contributed by atoms with Gasteiger partial charge in [-0.15, -0.1) is 0 Å². The van der Waals surface area contributed by atoms with Crippen molar-refractivity contribution in [3.8, 4) is 0 Å². The average Bonchev–Trinajstić information content (AvgIpc) is 2.34. The predicted octanol–water partition coefficient (Wildman–Crippen LogP) is 2.22. The molecule has 0 fully saturated rings. The number of rotatable bonds is 6. The summed E-state index contributed by atoms with van der Waals surface area (Å²) in [5, 5.41) is 22.9. The minimum Gasteiger partial charge on any atom is -0.394 e. The molecule has 0 amide bonds. The summed E-state index contributed by atoms with van der Waals surface area (Å²) in [4.78, 5) is 0. The Labute approximate surface area is 111 Å². The third-order valence-corrected chi connectivity index (χ3v) is 3.69. The van der Waals surface area contributed by atoms with Crippen molar-refractivity contribution in [1.29, 1.82) is 0 Å². The summed E-state index contributed by atoms with van der Waals surface area (Å²) >= 11 is 12.1. The predicted molar refractivity (Wildman–Crippen MR) is 70.5 cm³/mol. The number of aliphatic hydroxyl groups excluding tert-OH is 2. The van der Waals surface area contributed by atoms with E-state index in [-0.39, 0.29) is 13.2 Å². The Bertz CT molecular complexity index is 339. The van der Waals surface area contributed by atoms with Crippen LogP contribution in [-0.4, -0.2) is 29.0 Å². The maximum absolute atomic E-state index is 9.30. The Morgan fingerprint density at radius 1 is 1.18 bits per heavy atom. The maximum Gasteiger partial charge on any atom is 0.0648 e. The van der Waals surface area contributed by atoms with Crippen LogP contribution in [0.1, 0.15) is 18.9 Å². The molecule has 0 unspecified atom stereocenters. The molecule has 96 valence electrons. The molecule has 17 heavy (non-hydrogen) atoms. The van der Waals surface area contributed by atoms with Gasteiger partial charge in [0.1, 0.15) is 0 Å². The van der Waals surface area contributed by atoms with Crippen molar-refractivity contribution < 1.29 is 10.2 Å². The van der Waals surface area contributed by atoms with Crippen LogP contribution in [0.5, 0.6) is 0 Å². The molecule has 0 heterocycles. The fourth-order valence-corrected chi connectivity index (χ4v) is 2.02. The van der Waals surface area contributed by atoms with Crippen molar-refractivity contribution >= 4 is 23.2 Å². The van der Waals surface area contributed by atoms with Crippen LogP contribution in [-0.2, 0) is 6.54 Å². The zero-order valence-electron chi connectivity index (χ0n) is 9.71. The van der Waals surface area contributed by atoms with Crippen molar-refractivity contribution in [2.75, 3.05) is 13.2 Å². The normalized spacial score (nSPS) is 11.8. The molecule has 0 aromatic heterocycles. The van der Waals surface area contributed by atoms with Crippen LogP contribution < -0.4 is 5.32 Å². The van der Waals surface area contributed by atoms with E-state index in [1.54, 1.807) is 18.2 Å². The van der Waals surface area contributed by atoms with E-state index in [0.717, 1.165) is 5.56 Å². The number of hydrogen-bond donors (Lipinski definition) is 3. The van der Waals surface area contributed by atoms with Gasteiger partial charge in [-0.1, -0.05) is 36.2 Å². The van der Waals surface area contributed by atoms with Gasteiger partial charge in [-0.25, -0.2) is 0 Å². The second kappa shape index (κ2) is 6.57. The summed E-state index contributed by atoms with van der Waals surface area (Å²) in [7, 11) is 0. The molecule has 3 N–H and O–H groups in total. The lowest BCUT2D eigenvalue weighted by atomic mass is 9.98. The molecule has 1 aromatic carbocycles. The molecule has 0 spiro atoms. The molecular weight excluding hydrogens is 261 g/mol. The summed E-state index contributed by atoms with van der Waals surface area (Å²) in [6, 6.07) is 5.30. The lowest BCUT2D eigenvalue weighted by molar-refractivity contribution is 0.0864. The lowest BCUT2D eigenvalue weighted by Gasteiger charge is -2.30. The molecular formula is C12H17Cl2NO2. The summed E-state index contributed by atoms with van der Waals surface area (Å²) in [5.41, 5.74) is 0.0817.